The van der Waals surface area contributed by atoms with Crippen LogP contribution in [-0.2, 0) is 11.2 Å². The average Bonchev–Trinajstić information content (AvgIpc) is 3.07. The quantitative estimate of drug-likeness (QED) is 0.145. The molecule has 13 heteroatoms. The molecule has 6 N–H and O–H groups in total. The van der Waals surface area contributed by atoms with Crippen molar-refractivity contribution in [1.29, 1.82) is 0 Å². The molecule has 0 bridgehead atoms. The molecule has 0 aliphatic carbocycles. The van der Waals surface area contributed by atoms with Gasteiger partial charge in [0.15, 0.2) is 17.1 Å². The van der Waals surface area contributed by atoms with Crippen LogP contribution in [0.3, 0.4) is 0 Å². The summed E-state index contributed by atoms with van der Waals surface area (Å²) < 4.78 is 5.27. The number of anilines is 1. The first-order valence-electron chi connectivity index (χ1n) is 7.79. The number of carbonyl (C=O) groups is 3. The molecule has 1 aromatic carbocycles. The number of nitrogens with zero attached hydrogens (tertiary/aromatic N) is 2. The van der Waals surface area contributed by atoms with Gasteiger partial charge in [0.1, 0.15) is 17.0 Å². The largest absolute Gasteiger partial charge is 0.547 e. The normalized spacial score (nSPS) is 16.1. The molecule has 3 rings (SSSR count). The summed E-state index contributed by atoms with van der Waals surface area (Å²) in [5.74, 6) is -3.34. The highest BCUT2D eigenvalue weighted by Gasteiger charge is 2.39. The van der Waals surface area contributed by atoms with Gasteiger partial charge in [-0.1, -0.05) is 17.3 Å². The topological polar surface area (TPSA) is 184 Å². The third-order valence-corrected chi connectivity index (χ3v) is 4.70. The van der Waals surface area contributed by atoms with E-state index in [1.54, 1.807) is 0 Å². The number of hydrogen-bond acceptors (Lipinski definition) is 10. The number of nitrogens with one attached hydrogen (secondary N) is 1. The van der Waals surface area contributed by atoms with E-state index in [4.69, 9.17) is 15.6 Å². The van der Waals surface area contributed by atoms with Crippen molar-refractivity contribution in [3.8, 4) is 5.75 Å². The van der Waals surface area contributed by atoms with Gasteiger partial charge in [-0.15, -0.1) is 11.3 Å². The standard InChI is InChI=1S/C15H13BN4O7S/c17-15-18-8(5-28-15)11(20-26)13(22)19-9-3-6-1-2-7(4-21)10(14(23)24)12(6)27-16(9)25/h1-2,4-5,9,25-26H,3H2,(H2,17,18)(H,19,22)(H,23,24). The Morgan fingerprint density at radius 2 is 2.21 bits per heavy atom. The fraction of sp³-hybridized carbons (Fsp3) is 0.133. The molecule has 0 saturated carbocycles. The molecular formula is C15H13BN4O7S. The minimum atomic E-state index is -1.60. The van der Waals surface area contributed by atoms with Crippen molar-refractivity contribution in [2.24, 2.45) is 5.16 Å². The first-order chi connectivity index (χ1) is 13.3. The Kier molecular flexibility index (Phi) is 5.28. The van der Waals surface area contributed by atoms with E-state index in [9.17, 15) is 24.5 Å². The number of aromatic nitrogens is 1. The first-order valence-corrected chi connectivity index (χ1v) is 8.67. The molecule has 0 radical (unpaired) electrons. The number of amides is 1. The van der Waals surface area contributed by atoms with Gasteiger partial charge in [-0.05, 0) is 12.0 Å². The molecule has 1 aliphatic rings. The molecule has 1 atom stereocenters. The van der Waals surface area contributed by atoms with Crippen LogP contribution in [0.5, 0.6) is 5.75 Å². The maximum atomic E-state index is 12.4. The zero-order chi connectivity index (χ0) is 20.4. The second kappa shape index (κ2) is 7.66. The Morgan fingerprint density at radius 1 is 1.46 bits per heavy atom. The van der Waals surface area contributed by atoms with Gasteiger partial charge >= 0.3 is 13.1 Å². The average molecular weight is 404 g/mol. The summed E-state index contributed by atoms with van der Waals surface area (Å²) in [4.78, 5) is 38.8. The third kappa shape index (κ3) is 3.52. The van der Waals surface area contributed by atoms with Gasteiger partial charge in [0.2, 0.25) is 0 Å². The third-order valence-electron chi connectivity index (χ3n) is 4.03. The maximum absolute atomic E-state index is 12.4. The molecule has 1 aromatic heterocycles. The van der Waals surface area contributed by atoms with Gasteiger partial charge in [0.05, 0.1) is 5.94 Å². The Bertz CT molecular complexity index is 993. The first kappa shape index (κ1) is 19.3. The summed E-state index contributed by atoms with van der Waals surface area (Å²) in [6, 6.07) is 2.78. The van der Waals surface area contributed by atoms with E-state index < -0.39 is 30.6 Å². The molecule has 0 fully saturated rings. The number of fused-ring (bicyclic) bond motifs is 1. The lowest BCUT2D eigenvalue weighted by molar-refractivity contribution is -0.115. The van der Waals surface area contributed by atoms with E-state index in [0.717, 1.165) is 11.3 Å². The van der Waals surface area contributed by atoms with Crippen LogP contribution in [0.15, 0.2) is 22.7 Å². The highest BCUT2D eigenvalue weighted by atomic mass is 32.1. The van der Waals surface area contributed by atoms with Crippen molar-refractivity contribution < 1.29 is 34.4 Å². The fourth-order valence-corrected chi connectivity index (χ4v) is 3.31. The number of oxime groups is 1. The summed E-state index contributed by atoms with van der Waals surface area (Å²) in [6.45, 7) is 0. The maximum Gasteiger partial charge on any atom is 0.547 e. The van der Waals surface area contributed by atoms with E-state index in [0.29, 0.717) is 11.8 Å². The van der Waals surface area contributed by atoms with Gasteiger partial charge in [0, 0.05) is 10.9 Å². The number of aromatic carboxylic acids is 1. The zero-order valence-electron chi connectivity index (χ0n) is 14.0. The van der Waals surface area contributed by atoms with Crippen molar-refractivity contribution in [1.82, 2.24) is 10.3 Å². The van der Waals surface area contributed by atoms with Crippen molar-refractivity contribution in [3.63, 3.8) is 0 Å². The Labute approximate surface area is 161 Å². The van der Waals surface area contributed by atoms with E-state index in [-0.39, 0.29) is 34.1 Å². The van der Waals surface area contributed by atoms with Crippen molar-refractivity contribution >= 4 is 47.5 Å². The molecule has 2 aromatic rings. The lowest BCUT2D eigenvalue weighted by Crippen LogP contribution is -2.54. The van der Waals surface area contributed by atoms with Crippen LogP contribution in [0.1, 0.15) is 32.0 Å². The van der Waals surface area contributed by atoms with Crippen LogP contribution >= 0.6 is 11.3 Å². The lowest BCUT2D eigenvalue weighted by atomic mass is 9.72. The highest BCUT2D eigenvalue weighted by Crippen LogP contribution is 2.32. The number of aldehydes is 1. The number of benzene rings is 1. The Balaban J connectivity index is 1.85. The SMILES string of the molecule is Nc1nc(C(=NO)C(=O)NC2Cc3ccc(C=O)c(C(=O)O)c3OB2O)cs1. The van der Waals surface area contributed by atoms with Gasteiger partial charge < -0.3 is 31.0 Å². The summed E-state index contributed by atoms with van der Waals surface area (Å²) in [7, 11) is -1.60. The van der Waals surface area contributed by atoms with E-state index in [1.807, 2.05) is 0 Å². The van der Waals surface area contributed by atoms with Crippen LogP contribution in [0.25, 0.3) is 0 Å². The molecule has 1 aliphatic heterocycles. The zero-order valence-corrected chi connectivity index (χ0v) is 14.8. The molecule has 2 heterocycles. The monoisotopic (exact) mass is 404 g/mol. The number of rotatable bonds is 5. The predicted octanol–water partition coefficient (Wildman–Crippen LogP) is -0.446. The number of carbonyl (C=O) groups excluding carboxylic acids is 2. The van der Waals surface area contributed by atoms with Crippen molar-refractivity contribution in [2.45, 2.75) is 12.4 Å². The van der Waals surface area contributed by atoms with Crippen LogP contribution < -0.4 is 15.7 Å². The van der Waals surface area contributed by atoms with Crippen molar-refractivity contribution in [2.75, 3.05) is 5.73 Å². The Morgan fingerprint density at radius 3 is 2.79 bits per heavy atom. The number of nitrogens with two attached hydrogens (primary N) is 1. The van der Waals surface area contributed by atoms with Gasteiger partial charge in [-0.2, -0.15) is 0 Å². The molecule has 144 valence electrons. The van der Waals surface area contributed by atoms with Crippen LogP contribution in [0, 0.1) is 0 Å². The predicted molar refractivity (Wildman–Crippen MR) is 97.9 cm³/mol. The van der Waals surface area contributed by atoms with Crippen molar-refractivity contribution in [3.05, 3.63) is 39.9 Å². The highest BCUT2D eigenvalue weighted by molar-refractivity contribution is 7.13. The van der Waals surface area contributed by atoms with E-state index in [1.165, 1.54) is 17.5 Å². The summed E-state index contributed by atoms with van der Waals surface area (Å²) >= 11 is 1.05. The second-order valence-electron chi connectivity index (χ2n) is 5.75. The van der Waals surface area contributed by atoms with Gasteiger partial charge in [0.25, 0.3) is 5.91 Å². The molecule has 1 unspecified atom stereocenters. The summed E-state index contributed by atoms with van der Waals surface area (Å²) in [5.41, 5.74) is 5.05. The molecular weight excluding hydrogens is 391 g/mol. The lowest BCUT2D eigenvalue weighted by Gasteiger charge is -2.29. The van der Waals surface area contributed by atoms with Gasteiger partial charge in [-0.3, -0.25) is 9.59 Å². The smallest absolute Gasteiger partial charge is 0.534 e. The number of carboxylic acids is 1. The molecule has 0 saturated heterocycles. The van der Waals surface area contributed by atoms with E-state index >= 15 is 0 Å². The van der Waals surface area contributed by atoms with Gasteiger partial charge in [-0.25, -0.2) is 9.78 Å². The minimum Gasteiger partial charge on any atom is -0.534 e. The van der Waals surface area contributed by atoms with Crippen LogP contribution in [-0.4, -0.2) is 57.3 Å². The second-order valence-corrected chi connectivity index (χ2v) is 6.64. The number of thiazole rings is 1. The molecule has 11 nitrogen and oxygen atoms in total. The minimum absolute atomic E-state index is 0.0135. The summed E-state index contributed by atoms with van der Waals surface area (Å²) in [6.07, 6.45) is 0.385. The summed E-state index contributed by atoms with van der Waals surface area (Å²) in [5, 5.41) is 35.6. The number of nitrogen functional groups attached to an aromatic ring is 1. The fourth-order valence-electron chi connectivity index (χ4n) is 2.76. The molecule has 28 heavy (non-hydrogen) atoms. The Hall–Kier alpha value is -3.45. The number of hydrogen-bond donors (Lipinski definition) is 5. The number of carboxylic acid groups (broad SMARTS) is 1. The van der Waals surface area contributed by atoms with Crippen LogP contribution in [0.4, 0.5) is 5.13 Å². The van der Waals surface area contributed by atoms with Crippen LogP contribution in [0.2, 0.25) is 0 Å². The van der Waals surface area contributed by atoms with E-state index in [2.05, 4.69) is 15.5 Å². The molecule has 1 amide bonds. The molecule has 0 spiro atoms.